The van der Waals surface area contributed by atoms with E-state index in [4.69, 9.17) is 9.47 Å². The second-order valence-corrected chi connectivity index (χ2v) is 15.7. The predicted octanol–water partition coefficient (Wildman–Crippen LogP) is 13.2. The summed E-state index contributed by atoms with van der Waals surface area (Å²) in [6.45, 7) is 4.29. The lowest BCUT2D eigenvalue weighted by Gasteiger charge is -2.35. The molecule has 0 N–H and O–H groups in total. The van der Waals surface area contributed by atoms with Gasteiger partial charge in [-0.25, -0.2) is 0 Å². The summed E-state index contributed by atoms with van der Waals surface area (Å²) in [5.74, 6) is 3.29. The van der Waals surface area contributed by atoms with E-state index in [1.54, 1.807) is 0 Å². The van der Waals surface area contributed by atoms with Gasteiger partial charge in [-0.05, 0) is 117 Å². The van der Waals surface area contributed by atoms with Gasteiger partial charge in [-0.2, -0.15) is 0 Å². The molecule has 0 atom stereocenters. The molecule has 2 heterocycles. The van der Waals surface area contributed by atoms with Gasteiger partial charge in [0.25, 0.3) is 6.71 Å². The van der Waals surface area contributed by atoms with E-state index in [0.717, 1.165) is 67.6 Å². The van der Waals surface area contributed by atoms with Crippen LogP contribution in [0.2, 0.25) is 0 Å². The molecule has 0 bridgehead atoms. The molecule has 0 spiro atoms. The molecular formula is C56H40BNO2. The van der Waals surface area contributed by atoms with Crippen molar-refractivity contribution in [3.8, 4) is 67.5 Å². The number of hydrogen-bond donors (Lipinski definition) is 0. The Labute approximate surface area is 351 Å². The zero-order chi connectivity index (χ0) is 40.2. The van der Waals surface area contributed by atoms with Crippen LogP contribution in [0.25, 0.3) is 44.5 Å². The molecular weight excluding hydrogens is 729 g/mol. The molecule has 4 heteroatoms. The molecule has 2 aliphatic rings. The average molecular weight is 770 g/mol. The summed E-state index contributed by atoms with van der Waals surface area (Å²) in [5, 5.41) is 0. The van der Waals surface area contributed by atoms with E-state index >= 15 is 0 Å². The second-order valence-electron chi connectivity index (χ2n) is 15.7. The van der Waals surface area contributed by atoms with Gasteiger partial charge in [0.2, 0.25) is 0 Å². The summed E-state index contributed by atoms with van der Waals surface area (Å²) in [4.78, 5) is 2.27. The van der Waals surface area contributed by atoms with Crippen molar-refractivity contribution < 1.29 is 9.47 Å². The molecule has 3 nitrogen and oxygen atoms in total. The highest BCUT2D eigenvalue weighted by molar-refractivity contribution is 6.98. The third kappa shape index (κ3) is 6.08. The molecule has 11 rings (SSSR count). The first-order valence-corrected chi connectivity index (χ1v) is 20.6. The fourth-order valence-electron chi connectivity index (χ4n) is 9.34. The molecule has 60 heavy (non-hydrogen) atoms. The Hall–Kier alpha value is -7.56. The van der Waals surface area contributed by atoms with Crippen molar-refractivity contribution in [1.29, 1.82) is 0 Å². The topological polar surface area (TPSA) is 21.7 Å². The zero-order valence-electron chi connectivity index (χ0n) is 33.5. The molecule has 284 valence electrons. The SMILES string of the molecule is Cc1cccc(-c2ccccc2)c1-c1ccc2c(c1)Oc1cc(N(c3ccccc3)c3ccccc3)cc3c1B2c1ccc(-c2c(C)cccc2-c2ccccc2)cc1O3. The van der Waals surface area contributed by atoms with Gasteiger partial charge in [0.15, 0.2) is 0 Å². The molecule has 9 aromatic rings. The van der Waals surface area contributed by atoms with Crippen LogP contribution in [-0.2, 0) is 0 Å². The number of aryl methyl sites for hydroxylation is 2. The number of rotatable bonds is 7. The Balaban J connectivity index is 1.12. The highest BCUT2D eigenvalue weighted by atomic mass is 16.5. The van der Waals surface area contributed by atoms with Crippen molar-refractivity contribution in [2.45, 2.75) is 13.8 Å². The lowest BCUT2D eigenvalue weighted by atomic mass is 9.34. The van der Waals surface area contributed by atoms with E-state index in [2.05, 4.69) is 225 Å². The number of para-hydroxylation sites is 2. The maximum atomic E-state index is 7.12. The highest BCUT2D eigenvalue weighted by Gasteiger charge is 2.41. The van der Waals surface area contributed by atoms with Gasteiger partial charge < -0.3 is 14.4 Å². The lowest BCUT2D eigenvalue weighted by Crippen LogP contribution is -2.57. The Morgan fingerprint density at radius 1 is 0.350 bits per heavy atom. The molecule has 0 saturated heterocycles. The van der Waals surface area contributed by atoms with E-state index in [1.807, 2.05) is 0 Å². The van der Waals surface area contributed by atoms with Crippen LogP contribution in [0.5, 0.6) is 23.0 Å². The lowest BCUT2D eigenvalue weighted by molar-refractivity contribution is 0.465. The summed E-state index contributed by atoms with van der Waals surface area (Å²) in [6, 6.07) is 73.4. The Morgan fingerprint density at radius 3 is 1.20 bits per heavy atom. The number of benzene rings is 9. The number of nitrogens with zero attached hydrogens (tertiary/aromatic N) is 1. The van der Waals surface area contributed by atoms with Gasteiger partial charge in [0.1, 0.15) is 23.0 Å². The van der Waals surface area contributed by atoms with Crippen LogP contribution in [0, 0.1) is 13.8 Å². The van der Waals surface area contributed by atoms with Gasteiger partial charge in [-0.3, -0.25) is 0 Å². The Kier molecular flexibility index (Phi) is 8.71. The minimum atomic E-state index is -0.0996. The van der Waals surface area contributed by atoms with Crippen LogP contribution in [0.1, 0.15) is 11.1 Å². The normalized spacial score (nSPS) is 12.1. The largest absolute Gasteiger partial charge is 0.458 e. The first-order chi connectivity index (χ1) is 29.6. The summed E-state index contributed by atoms with van der Waals surface area (Å²) in [7, 11) is 0. The predicted molar refractivity (Wildman–Crippen MR) is 250 cm³/mol. The first kappa shape index (κ1) is 35.6. The van der Waals surface area contributed by atoms with Crippen LogP contribution < -0.4 is 30.8 Å². The van der Waals surface area contributed by atoms with E-state index in [0.29, 0.717) is 0 Å². The first-order valence-electron chi connectivity index (χ1n) is 20.6. The molecule has 0 aromatic heterocycles. The summed E-state index contributed by atoms with van der Waals surface area (Å²) in [5.41, 5.74) is 18.2. The fraction of sp³-hybridized carbons (Fsp3) is 0.0357. The highest BCUT2D eigenvalue weighted by Crippen LogP contribution is 2.45. The molecule has 0 amide bonds. The smallest absolute Gasteiger partial charge is 0.260 e. The molecule has 0 saturated carbocycles. The van der Waals surface area contributed by atoms with Crippen LogP contribution in [0.15, 0.2) is 206 Å². The van der Waals surface area contributed by atoms with E-state index in [-0.39, 0.29) is 6.71 Å². The Bertz CT molecular complexity index is 2850. The summed E-state index contributed by atoms with van der Waals surface area (Å²) in [6.07, 6.45) is 0. The van der Waals surface area contributed by atoms with E-state index < -0.39 is 0 Å². The standard InChI is InChI=1S/C56H40BNO2/c1-37-17-15-27-46(39-19-7-3-8-20-39)54(37)41-29-31-48-50(33-41)59-52-35-45(58(43-23-11-5-12-24-43)44-25-13-6-14-26-44)36-53-56(52)57(48)49-32-30-42(34-51(49)60-53)55-38(2)18-16-28-47(55)40-21-9-4-10-22-40/h3-36H,1-2H3. The van der Waals surface area contributed by atoms with Crippen LogP contribution in [0.4, 0.5) is 17.1 Å². The zero-order valence-corrected chi connectivity index (χ0v) is 33.5. The van der Waals surface area contributed by atoms with Gasteiger partial charge in [-0.15, -0.1) is 0 Å². The van der Waals surface area contributed by atoms with Crippen molar-refractivity contribution >= 4 is 40.2 Å². The molecule has 0 unspecified atom stereocenters. The van der Waals surface area contributed by atoms with E-state index in [1.165, 1.54) is 44.5 Å². The number of ether oxygens (including phenoxy) is 2. The molecule has 0 aliphatic carbocycles. The summed E-state index contributed by atoms with van der Waals surface area (Å²) >= 11 is 0. The average Bonchev–Trinajstić information content (AvgIpc) is 3.29. The third-order valence-electron chi connectivity index (χ3n) is 12.0. The molecule has 0 fully saturated rings. The van der Waals surface area contributed by atoms with Crippen LogP contribution in [0.3, 0.4) is 0 Å². The van der Waals surface area contributed by atoms with Gasteiger partial charge in [-0.1, -0.05) is 158 Å². The van der Waals surface area contributed by atoms with Crippen molar-refractivity contribution in [3.63, 3.8) is 0 Å². The van der Waals surface area contributed by atoms with Crippen molar-refractivity contribution in [3.05, 3.63) is 217 Å². The third-order valence-corrected chi connectivity index (χ3v) is 12.0. The van der Waals surface area contributed by atoms with Gasteiger partial charge in [0, 0.05) is 29.0 Å². The summed E-state index contributed by atoms with van der Waals surface area (Å²) < 4.78 is 14.2. The van der Waals surface area contributed by atoms with Gasteiger partial charge >= 0.3 is 0 Å². The number of anilines is 3. The number of fused-ring (bicyclic) bond motifs is 4. The second kappa shape index (κ2) is 14.7. The molecule has 0 radical (unpaired) electrons. The van der Waals surface area contributed by atoms with Crippen molar-refractivity contribution in [2.75, 3.05) is 4.90 Å². The van der Waals surface area contributed by atoms with Crippen molar-refractivity contribution in [2.24, 2.45) is 0 Å². The molecule has 2 aliphatic heterocycles. The quantitative estimate of drug-likeness (QED) is 0.151. The molecule has 9 aromatic carbocycles. The number of hydrogen-bond acceptors (Lipinski definition) is 3. The van der Waals surface area contributed by atoms with Crippen LogP contribution >= 0.6 is 0 Å². The van der Waals surface area contributed by atoms with E-state index in [9.17, 15) is 0 Å². The maximum Gasteiger partial charge on any atom is 0.260 e. The van der Waals surface area contributed by atoms with Crippen LogP contribution in [-0.4, -0.2) is 6.71 Å². The van der Waals surface area contributed by atoms with Gasteiger partial charge in [0.05, 0.1) is 5.69 Å². The maximum absolute atomic E-state index is 7.12. The fourth-order valence-corrected chi connectivity index (χ4v) is 9.34. The Morgan fingerprint density at radius 2 is 0.767 bits per heavy atom. The van der Waals surface area contributed by atoms with Crippen molar-refractivity contribution in [1.82, 2.24) is 0 Å². The monoisotopic (exact) mass is 769 g/mol. The minimum absolute atomic E-state index is 0.0996. The minimum Gasteiger partial charge on any atom is -0.458 e.